The average molecular weight is 542 g/mol. The number of carbonyl (C=O) groups excluding carboxylic acids is 4. The lowest BCUT2D eigenvalue weighted by Crippen LogP contribution is -2.66. The number of aliphatic hydroxyl groups is 3. The molecule has 3 aliphatic rings. The summed E-state index contributed by atoms with van der Waals surface area (Å²) in [4.78, 5) is 53.7. The Morgan fingerprint density at radius 2 is 1.77 bits per heavy atom. The van der Waals surface area contributed by atoms with Gasteiger partial charge in [0.25, 0.3) is 5.91 Å². The first-order valence-corrected chi connectivity index (χ1v) is 13.0. The van der Waals surface area contributed by atoms with Crippen LogP contribution in [0.15, 0.2) is 29.0 Å². The monoisotopic (exact) mass is 541 g/mol. The molecule has 5 atom stereocenters. The number of aromatic hydroxyl groups is 1. The quantitative estimate of drug-likeness (QED) is 0.231. The Hall–Kier alpha value is -3.70. The number of Topliss-reactive ketones (excluding diaryl/α,β-unsaturated/α-hetero) is 2. The van der Waals surface area contributed by atoms with E-state index in [9.17, 15) is 39.6 Å². The number of primary amides is 1. The number of phenolic OH excluding ortho intramolecular Hbond substituents is 1. The third-order valence-electron chi connectivity index (χ3n) is 8.69. The molecule has 0 heterocycles. The fraction of sp³-hybridized carbons (Fsp3) is 0.500. The molecule has 0 unspecified atom stereocenters. The highest BCUT2D eigenvalue weighted by atomic mass is 16.3. The predicted molar refractivity (Wildman–Crippen MR) is 142 cm³/mol. The minimum absolute atomic E-state index is 0.0392. The summed E-state index contributed by atoms with van der Waals surface area (Å²) in [5.74, 6) is -8.24. The van der Waals surface area contributed by atoms with Crippen molar-refractivity contribution in [2.24, 2.45) is 23.5 Å². The van der Waals surface area contributed by atoms with Crippen LogP contribution < -0.4 is 11.1 Å². The molecule has 1 fully saturated rings. The minimum atomic E-state index is -2.71. The van der Waals surface area contributed by atoms with Crippen LogP contribution in [0, 0.1) is 17.8 Å². The summed E-state index contributed by atoms with van der Waals surface area (Å²) in [6.07, 6.45) is 1.20. The van der Waals surface area contributed by atoms with Crippen LogP contribution >= 0.6 is 0 Å². The second-order valence-corrected chi connectivity index (χ2v) is 10.9. The molecule has 0 saturated heterocycles. The largest absolute Gasteiger partial charge is 0.508 e. The number of likely N-dealkylation sites (N-methyl/N-ethyl adjacent to an activating group) is 1. The number of rotatable bonds is 6. The lowest BCUT2D eigenvalue weighted by molar-refractivity contribution is -0.154. The number of anilines is 1. The normalized spacial score (nSPS) is 28.4. The molecule has 0 bridgehead atoms. The zero-order valence-corrected chi connectivity index (χ0v) is 22.6. The minimum Gasteiger partial charge on any atom is -0.508 e. The van der Waals surface area contributed by atoms with Crippen molar-refractivity contribution in [1.29, 1.82) is 0 Å². The zero-order valence-electron chi connectivity index (χ0n) is 22.6. The van der Waals surface area contributed by atoms with Crippen LogP contribution in [0.3, 0.4) is 0 Å². The summed E-state index contributed by atoms with van der Waals surface area (Å²) < 4.78 is 0. The van der Waals surface area contributed by atoms with Crippen LogP contribution in [0.2, 0.25) is 0 Å². The number of nitrogens with one attached hydrogen (secondary N) is 1. The second-order valence-electron chi connectivity index (χ2n) is 10.9. The maximum Gasteiger partial charge on any atom is 0.255 e. The number of nitrogens with zero attached hydrogens (tertiary/aromatic N) is 1. The zero-order chi connectivity index (χ0) is 29.1. The maximum absolute atomic E-state index is 14.0. The van der Waals surface area contributed by atoms with Crippen LogP contribution in [0.25, 0.3) is 5.76 Å². The number of aliphatic hydroxyl groups excluding tert-OH is 2. The van der Waals surface area contributed by atoms with Crippen molar-refractivity contribution in [3.63, 3.8) is 0 Å². The highest BCUT2D eigenvalue weighted by Gasteiger charge is 2.64. The van der Waals surface area contributed by atoms with Gasteiger partial charge in [-0.3, -0.25) is 24.1 Å². The summed E-state index contributed by atoms with van der Waals surface area (Å²) in [5, 5.41) is 47.7. The van der Waals surface area contributed by atoms with Gasteiger partial charge in [-0.2, -0.15) is 0 Å². The molecule has 1 saturated carbocycles. The molecule has 2 amide bonds. The van der Waals surface area contributed by atoms with Gasteiger partial charge in [0, 0.05) is 23.1 Å². The standard InChI is InChI=1S/C28H35N3O8/c1-6-12(7-2)27(38)30-15-8-9-16(32)19-17(15)11(3)13-10-14-21(31(4)5)23(34)20(26(29)37)25(36)28(14,39)24(35)18(13)22(19)33/h8-9,11-14,21,32-33,36,39H,6-7,10H2,1-5H3,(H2,29,37)(H,30,38)/t11-,13-,14+,21+,28+/m1/s1. The molecule has 7 N–H and O–H groups in total. The van der Waals surface area contributed by atoms with Crippen molar-refractivity contribution in [2.45, 2.75) is 57.6 Å². The number of fused-ring (bicyclic) bond motifs is 3. The number of benzene rings is 1. The Balaban J connectivity index is 1.94. The SMILES string of the molecule is CCC(CC)C(=O)Nc1ccc(O)c2c1[C@H](C)[C@H]1C[C@H]3[C@H](N(C)C)C(=O)C(C(N)=O)=C(O)[C@@]3(O)C(=O)C1=C2O. The van der Waals surface area contributed by atoms with Gasteiger partial charge in [-0.1, -0.05) is 20.8 Å². The van der Waals surface area contributed by atoms with Gasteiger partial charge in [0.2, 0.25) is 11.7 Å². The Kier molecular flexibility index (Phi) is 7.11. The molecular formula is C28H35N3O8. The summed E-state index contributed by atoms with van der Waals surface area (Å²) in [7, 11) is 3.08. The average Bonchev–Trinajstić information content (AvgIpc) is 2.85. The molecule has 39 heavy (non-hydrogen) atoms. The molecule has 11 heteroatoms. The van der Waals surface area contributed by atoms with Crippen molar-refractivity contribution in [1.82, 2.24) is 4.90 Å². The van der Waals surface area contributed by atoms with E-state index in [2.05, 4.69) is 5.32 Å². The summed E-state index contributed by atoms with van der Waals surface area (Å²) in [5.41, 5.74) is 2.26. The number of carbonyl (C=O) groups is 4. The molecule has 4 rings (SSSR count). The predicted octanol–water partition coefficient (Wildman–Crippen LogP) is 1.90. The van der Waals surface area contributed by atoms with E-state index in [-0.39, 0.29) is 35.1 Å². The number of ketones is 2. The topological polar surface area (TPSA) is 190 Å². The van der Waals surface area contributed by atoms with Gasteiger partial charge >= 0.3 is 0 Å². The molecule has 1 aromatic carbocycles. The first kappa shape index (κ1) is 28.3. The smallest absolute Gasteiger partial charge is 0.255 e. The summed E-state index contributed by atoms with van der Waals surface area (Å²) in [6.45, 7) is 5.57. The van der Waals surface area contributed by atoms with Crippen LogP contribution in [0.1, 0.15) is 57.1 Å². The molecular weight excluding hydrogens is 506 g/mol. The van der Waals surface area contributed by atoms with Crippen LogP contribution in [-0.2, 0) is 19.2 Å². The molecule has 11 nitrogen and oxygen atoms in total. The van der Waals surface area contributed by atoms with E-state index in [1.165, 1.54) is 17.0 Å². The van der Waals surface area contributed by atoms with Crippen LogP contribution in [-0.4, -0.2) is 74.4 Å². The first-order valence-electron chi connectivity index (χ1n) is 13.0. The third-order valence-corrected chi connectivity index (χ3v) is 8.69. The van der Waals surface area contributed by atoms with E-state index in [1.807, 2.05) is 13.8 Å². The highest BCUT2D eigenvalue weighted by molar-refractivity contribution is 6.24. The van der Waals surface area contributed by atoms with E-state index in [4.69, 9.17) is 5.73 Å². The number of hydrogen-bond donors (Lipinski definition) is 6. The first-order chi connectivity index (χ1) is 18.2. The number of amides is 2. The molecule has 0 aromatic heterocycles. The number of hydrogen-bond acceptors (Lipinski definition) is 9. The molecule has 0 aliphatic heterocycles. The van der Waals surface area contributed by atoms with E-state index in [1.54, 1.807) is 21.0 Å². The Labute approximate surface area is 226 Å². The molecule has 210 valence electrons. The van der Waals surface area contributed by atoms with Gasteiger partial charge < -0.3 is 31.5 Å². The van der Waals surface area contributed by atoms with E-state index in [0.717, 1.165) is 0 Å². The fourth-order valence-corrected chi connectivity index (χ4v) is 6.62. The van der Waals surface area contributed by atoms with Crippen molar-refractivity contribution in [3.05, 3.63) is 40.2 Å². The van der Waals surface area contributed by atoms with E-state index < -0.39 is 64.0 Å². The van der Waals surface area contributed by atoms with Crippen molar-refractivity contribution in [3.8, 4) is 5.75 Å². The summed E-state index contributed by atoms with van der Waals surface area (Å²) >= 11 is 0. The van der Waals surface area contributed by atoms with Gasteiger partial charge in [0.1, 0.15) is 22.8 Å². The highest BCUT2D eigenvalue weighted by Crippen LogP contribution is 2.57. The van der Waals surface area contributed by atoms with Gasteiger partial charge in [-0.15, -0.1) is 0 Å². The number of nitrogens with two attached hydrogens (primary N) is 1. The van der Waals surface area contributed by atoms with E-state index in [0.29, 0.717) is 24.1 Å². The number of phenols is 1. The Morgan fingerprint density at radius 1 is 1.15 bits per heavy atom. The van der Waals surface area contributed by atoms with Gasteiger partial charge in [-0.05, 0) is 62.9 Å². The molecule has 1 aromatic rings. The maximum atomic E-state index is 14.0. The molecule has 0 radical (unpaired) electrons. The molecule has 3 aliphatic carbocycles. The third kappa shape index (κ3) is 3.94. The van der Waals surface area contributed by atoms with Gasteiger partial charge in [-0.25, -0.2) is 0 Å². The lowest BCUT2D eigenvalue weighted by Gasteiger charge is -2.51. The van der Waals surface area contributed by atoms with Crippen LogP contribution in [0.5, 0.6) is 5.75 Å². The van der Waals surface area contributed by atoms with Crippen molar-refractivity contribution < 1.29 is 39.6 Å². The second kappa shape index (κ2) is 9.80. The van der Waals surface area contributed by atoms with Crippen molar-refractivity contribution >= 4 is 34.8 Å². The van der Waals surface area contributed by atoms with Crippen molar-refractivity contribution in [2.75, 3.05) is 19.4 Å². The summed E-state index contributed by atoms with van der Waals surface area (Å²) in [6, 6.07) is 1.65. The van der Waals surface area contributed by atoms with Gasteiger partial charge in [0.15, 0.2) is 11.4 Å². The Bertz CT molecular complexity index is 1340. The van der Waals surface area contributed by atoms with E-state index >= 15 is 0 Å². The van der Waals surface area contributed by atoms with Gasteiger partial charge in [0.05, 0.1) is 11.6 Å². The Morgan fingerprint density at radius 3 is 2.31 bits per heavy atom. The fourth-order valence-electron chi connectivity index (χ4n) is 6.62. The lowest BCUT2D eigenvalue weighted by atomic mass is 9.55. The molecule has 0 spiro atoms. The van der Waals surface area contributed by atoms with Crippen LogP contribution in [0.4, 0.5) is 5.69 Å².